The van der Waals surface area contributed by atoms with E-state index in [2.05, 4.69) is 57.6 Å². The first-order valence-corrected chi connectivity index (χ1v) is 8.72. The third kappa shape index (κ3) is 2.52. The number of hydrogen-bond acceptors (Lipinski definition) is 4. The van der Waals surface area contributed by atoms with Crippen molar-refractivity contribution in [3.8, 4) is 11.1 Å². The minimum Gasteiger partial charge on any atom is -0.350 e. The number of rotatable bonds is 3. The van der Waals surface area contributed by atoms with Crippen molar-refractivity contribution in [2.24, 2.45) is 5.92 Å². The van der Waals surface area contributed by atoms with Crippen LogP contribution >= 0.6 is 0 Å². The number of pyridine rings is 1. The summed E-state index contributed by atoms with van der Waals surface area (Å²) in [5.41, 5.74) is 4.30. The molecule has 124 valence electrons. The Morgan fingerprint density at radius 2 is 2.04 bits per heavy atom. The molecule has 1 aromatic carbocycles. The Morgan fingerprint density at radius 1 is 1.12 bits per heavy atom. The Hall–Kier alpha value is -2.95. The summed E-state index contributed by atoms with van der Waals surface area (Å²) in [6, 6.07) is 13.0. The third-order valence-corrected chi connectivity index (χ3v) is 5.04. The summed E-state index contributed by atoms with van der Waals surface area (Å²) in [5, 5.41) is 9.17. The van der Waals surface area contributed by atoms with Gasteiger partial charge in [0.1, 0.15) is 0 Å². The van der Waals surface area contributed by atoms with Crippen molar-refractivity contribution in [1.29, 1.82) is 0 Å². The van der Waals surface area contributed by atoms with Crippen LogP contribution in [0.5, 0.6) is 0 Å². The molecule has 0 aliphatic heterocycles. The summed E-state index contributed by atoms with van der Waals surface area (Å²) in [6.07, 6.45) is 8.11. The first-order valence-electron chi connectivity index (χ1n) is 8.72. The van der Waals surface area contributed by atoms with Crippen LogP contribution in [0.25, 0.3) is 27.5 Å². The standard InChI is InChI=1S/C20H19N5/c1-13-9-16(10-13)23-20-22-12-19-17(6-8-25(19)24-20)14-4-5-18-15(11-14)3-2-7-21-18/h2-8,11-13,16H,9-10H2,1H3,(H,23,24). The molecule has 0 saturated heterocycles. The fraction of sp³-hybridized carbons (Fsp3) is 0.250. The van der Waals surface area contributed by atoms with Crippen LogP contribution in [0.4, 0.5) is 5.95 Å². The van der Waals surface area contributed by atoms with Crippen LogP contribution < -0.4 is 5.32 Å². The molecular weight excluding hydrogens is 310 g/mol. The maximum Gasteiger partial charge on any atom is 0.241 e. The molecule has 25 heavy (non-hydrogen) atoms. The van der Waals surface area contributed by atoms with Crippen LogP contribution in [0, 0.1) is 5.92 Å². The van der Waals surface area contributed by atoms with Crippen LogP contribution in [-0.2, 0) is 0 Å². The second-order valence-electron chi connectivity index (χ2n) is 6.97. The smallest absolute Gasteiger partial charge is 0.241 e. The van der Waals surface area contributed by atoms with Crippen molar-refractivity contribution in [3.63, 3.8) is 0 Å². The zero-order valence-corrected chi connectivity index (χ0v) is 14.1. The number of benzene rings is 1. The first-order chi connectivity index (χ1) is 12.3. The van der Waals surface area contributed by atoms with Crippen LogP contribution in [0.15, 0.2) is 55.0 Å². The van der Waals surface area contributed by atoms with Gasteiger partial charge in [-0.1, -0.05) is 19.1 Å². The highest BCUT2D eigenvalue weighted by Crippen LogP contribution is 2.30. The zero-order valence-electron chi connectivity index (χ0n) is 14.1. The number of aromatic nitrogens is 4. The monoisotopic (exact) mass is 329 g/mol. The highest BCUT2D eigenvalue weighted by molar-refractivity contribution is 5.88. The molecule has 0 spiro atoms. The Bertz CT molecular complexity index is 1060. The van der Waals surface area contributed by atoms with E-state index in [1.165, 1.54) is 12.8 Å². The predicted molar refractivity (Wildman–Crippen MR) is 99.5 cm³/mol. The Morgan fingerprint density at radius 3 is 2.92 bits per heavy atom. The molecule has 0 atom stereocenters. The number of fused-ring (bicyclic) bond motifs is 2. The molecule has 4 aromatic rings. The van der Waals surface area contributed by atoms with E-state index in [1.807, 2.05) is 29.2 Å². The molecule has 1 saturated carbocycles. The highest BCUT2D eigenvalue weighted by Gasteiger charge is 2.25. The van der Waals surface area contributed by atoms with Gasteiger partial charge in [-0.3, -0.25) is 4.98 Å². The number of hydrogen-bond donors (Lipinski definition) is 1. The van der Waals surface area contributed by atoms with E-state index in [0.29, 0.717) is 12.0 Å². The van der Waals surface area contributed by atoms with Crippen molar-refractivity contribution >= 4 is 22.4 Å². The molecule has 1 N–H and O–H groups in total. The molecule has 1 aliphatic rings. The Kier molecular flexibility index (Phi) is 3.20. The van der Waals surface area contributed by atoms with Gasteiger partial charge in [0.15, 0.2) is 0 Å². The summed E-state index contributed by atoms with van der Waals surface area (Å²) in [7, 11) is 0. The lowest BCUT2D eigenvalue weighted by atomic mass is 9.82. The second kappa shape index (κ2) is 5.55. The van der Waals surface area contributed by atoms with E-state index in [-0.39, 0.29) is 0 Å². The molecule has 1 fully saturated rings. The molecule has 5 rings (SSSR count). The maximum atomic E-state index is 4.61. The van der Waals surface area contributed by atoms with Crippen LogP contribution in [0.3, 0.4) is 0 Å². The van der Waals surface area contributed by atoms with Gasteiger partial charge in [0.25, 0.3) is 0 Å². The summed E-state index contributed by atoms with van der Waals surface area (Å²) in [5.74, 6) is 1.51. The molecule has 1 aliphatic carbocycles. The quantitative estimate of drug-likeness (QED) is 0.613. The maximum absolute atomic E-state index is 4.61. The highest BCUT2D eigenvalue weighted by atomic mass is 15.3. The van der Waals surface area contributed by atoms with E-state index in [9.17, 15) is 0 Å². The molecule has 5 heteroatoms. The van der Waals surface area contributed by atoms with Gasteiger partial charge in [-0.25, -0.2) is 9.50 Å². The van der Waals surface area contributed by atoms with Crippen molar-refractivity contribution in [2.45, 2.75) is 25.8 Å². The first kappa shape index (κ1) is 14.4. The van der Waals surface area contributed by atoms with E-state index >= 15 is 0 Å². The fourth-order valence-electron chi connectivity index (χ4n) is 3.66. The summed E-state index contributed by atoms with van der Waals surface area (Å²) in [4.78, 5) is 8.90. The molecule has 5 nitrogen and oxygen atoms in total. The number of nitrogens with one attached hydrogen (secondary N) is 1. The van der Waals surface area contributed by atoms with Crippen LogP contribution in [0.1, 0.15) is 19.8 Å². The molecule has 3 aromatic heterocycles. The molecule has 3 heterocycles. The lowest BCUT2D eigenvalue weighted by molar-refractivity contribution is 0.307. The van der Waals surface area contributed by atoms with Gasteiger partial charge in [-0.05, 0) is 48.6 Å². The van der Waals surface area contributed by atoms with Gasteiger partial charge < -0.3 is 5.32 Å². The fourth-order valence-corrected chi connectivity index (χ4v) is 3.66. The topological polar surface area (TPSA) is 55.1 Å². The Balaban J connectivity index is 1.50. The van der Waals surface area contributed by atoms with E-state index in [4.69, 9.17) is 0 Å². The Labute approximate surface area is 145 Å². The lowest BCUT2D eigenvalue weighted by Gasteiger charge is -2.33. The average molecular weight is 329 g/mol. The predicted octanol–water partition coefficient (Wildman–Crippen LogP) is 4.15. The van der Waals surface area contributed by atoms with E-state index in [0.717, 1.165) is 33.5 Å². The second-order valence-corrected chi connectivity index (χ2v) is 6.97. The van der Waals surface area contributed by atoms with E-state index in [1.54, 1.807) is 0 Å². The molecule has 0 bridgehead atoms. The SMILES string of the molecule is CC1CC(Nc2ncc3c(-c4ccc5ncccc5c4)ccn3n2)C1. The molecule has 0 amide bonds. The van der Waals surface area contributed by atoms with Crippen molar-refractivity contribution in [2.75, 3.05) is 5.32 Å². The van der Waals surface area contributed by atoms with Gasteiger partial charge in [0.2, 0.25) is 5.95 Å². The van der Waals surface area contributed by atoms with Crippen molar-refractivity contribution in [3.05, 3.63) is 55.0 Å². The minimum absolute atomic E-state index is 0.510. The molecule has 0 unspecified atom stereocenters. The average Bonchev–Trinajstić information content (AvgIpc) is 3.03. The summed E-state index contributed by atoms with van der Waals surface area (Å²) >= 11 is 0. The minimum atomic E-state index is 0.510. The van der Waals surface area contributed by atoms with Gasteiger partial charge in [-0.2, -0.15) is 0 Å². The third-order valence-electron chi connectivity index (χ3n) is 5.04. The number of anilines is 1. The van der Waals surface area contributed by atoms with E-state index < -0.39 is 0 Å². The molecular formula is C20H19N5. The summed E-state index contributed by atoms with van der Waals surface area (Å²) in [6.45, 7) is 2.28. The molecule has 0 radical (unpaired) electrons. The van der Waals surface area contributed by atoms with Gasteiger partial charge in [0, 0.05) is 29.4 Å². The van der Waals surface area contributed by atoms with Crippen LogP contribution in [-0.4, -0.2) is 25.6 Å². The van der Waals surface area contributed by atoms with Gasteiger partial charge in [-0.15, -0.1) is 5.10 Å². The van der Waals surface area contributed by atoms with Crippen molar-refractivity contribution in [1.82, 2.24) is 19.6 Å². The summed E-state index contributed by atoms with van der Waals surface area (Å²) < 4.78 is 1.90. The normalized spacial score (nSPS) is 19.9. The zero-order chi connectivity index (χ0) is 16.8. The largest absolute Gasteiger partial charge is 0.350 e. The van der Waals surface area contributed by atoms with Gasteiger partial charge >= 0.3 is 0 Å². The lowest BCUT2D eigenvalue weighted by Crippen LogP contribution is -2.34. The number of nitrogens with zero attached hydrogens (tertiary/aromatic N) is 4. The van der Waals surface area contributed by atoms with Gasteiger partial charge in [0.05, 0.1) is 17.2 Å². The van der Waals surface area contributed by atoms with Crippen molar-refractivity contribution < 1.29 is 0 Å². The van der Waals surface area contributed by atoms with Crippen LogP contribution in [0.2, 0.25) is 0 Å².